The first-order valence-electron chi connectivity index (χ1n) is 9.09. The number of carbonyl (C=O) groups is 3. The van der Waals surface area contributed by atoms with Crippen molar-refractivity contribution in [3.63, 3.8) is 0 Å². The second-order valence-electron chi connectivity index (χ2n) is 6.89. The number of H-pyrrole nitrogens is 1. The van der Waals surface area contributed by atoms with Crippen molar-refractivity contribution in [2.45, 2.75) is 32.7 Å². The molecule has 0 spiro atoms. The third-order valence-corrected chi connectivity index (χ3v) is 4.13. The average Bonchev–Trinajstić information content (AvgIpc) is 3.08. The van der Waals surface area contributed by atoms with Crippen molar-refractivity contribution in [1.82, 2.24) is 21.2 Å². The number of rotatable bonds is 10. The molecule has 0 aliphatic carbocycles. The second kappa shape index (κ2) is 9.75. The molecule has 0 fully saturated rings. The number of carbonyl (C=O) groups excluding carboxylic acids is 3. The number of nitrogens with one attached hydrogen (secondary N) is 4. The minimum Gasteiger partial charge on any atom is -0.496 e. The Balaban J connectivity index is 2.07. The summed E-state index contributed by atoms with van der Waals surface area (Å²) in [6.07, 6.45) is 0.553. The van der Waals surface area contributed by atoms with Crippen molar-refractivity contribution < 1.29 is 19.1 Å². The Hall–Kier alpha value is -3.07. The Bertz CT molecular complexity index is 846. The van der Waals surface area contributed by atoms with Crippen molar-refractivity contribution in [1.29, 1.82) is 0 Å². The van der Waals surface area contributed by atoms with Crippen molar-refractivity contribution in [2.75, 3.05) is 13.7 Å². The van der Waals surface area contributed by atoms with Crippen LogP contribution in [0.15, 0.2) is 24.3 Å². The van der Waals surface area contributed by atoms with Gasteiger partial charge >= 0.3 is 0 Å². The van der Waals surface area contributed by atoms with Gasteiger partial charge in [-0.15, -0.1) is 0 Å². The number of ether oxygens (including phenoxy) is 1. The summed E-state index contributed by atoms with van der Waals surface area (Å²) < 4.78 is 5.31. The van der Waals surface area contributed by atoms with Gasteiger partial charge in [0.25, 0.3) is 11.8 Å². The van der Waals surface area contributed by atoms with Crippen LogP contribution < -0.4 is 26.6 Å². The van der Waals surface area contributed by atoms with Crippen LogP contribution in [0.1, 0.15) is 37.2 Å². The first-order valence-corrected chi connectivity index (χ1v) is 9.09. The lowest BCUT2D eigenvalue weighted by atomic mass is 10.0. The van der Waals surface area contributed by atoms with E-state index in [2.05, 4.69) is 21.2 Å². The molecule has 0 saturated heterocycles. The predicted octanol–water partition coefficient (Wildman–Crippen LogP) is 0.817. The number of aromatic nitrogens is 1. The highest BCUT2D eigenvalue weighted by Crippen LogP contribution is 2.26. The van der Waals surface area contributed by atoms with Gasteiger partial charge in [0.2, 0.25) is 5.91 Å². The molecule has 6 N–H and O–H groups in total. The average molecular weight is 389 g/mol. The van der Waals surface area contributed by atoms with E-state index in [0.29, 0.717) is 17.9 Å². The van der Waals surface area contributed by atoms with E-state index in [1.54, 1.807) is 13.2 Å². The molecule has 1 heterocycles. The van der Waals surface area contributed by atoms with Gasteiger partial charge in [0.1, 0.15) is 17.5 Å². The number of benzene rings is 1. The summed E-state index contributed by atoms with van der Waals surface area (Å²) in [7, 11) is 1.57. The smallest absolute Gasteiger partial charge is 0.268 e. The summed E-state index contributed by atoms with van der Waals surface area (Å²) in [5.74, 6) is -0.410. The van der Waals surface area contributed by atoms with Crippen LogP contribution in [0.5, 0.6) is 5.75 Å². The largest absolute Gasteiger partial charge is 0.496 e. The molecule has 0 radical (unpaired) electrons. The van der Waals surface area contributed by atoms with Gasteiger partial charge in [0, 0.05) is 23.9 Å². The number of primary amides is 1. The van der Waals surface area contributed by atoms with E-state index in [0.717, 1.165) is 10.9 Å². The lowest BCUT2D eigenvalue weighted by Crippen LogP contribution is -2.51. The van der Waals surface area contributed by atoms with Gasteiger partial charge in [-0.25, -0.2) is 5.43 Å². The number of methoxy groups -OCH3 is 1. The van der Waals surface area contributed by atoms with Crippen LogP contribution in [-0.4, -0.2) is 42.4 Å². The molecule has 1 atom stereocenters. The Morgan fingerprint density at radius 1 is 1.25 bits per heavy atom. The summed E-state index contributed by atoms with van der Waals surface area (Å²) in [6.45, 7) is 4.13. The van der Waals surface area contributed by atoms with Gasteiger partial charge in [-0.3, -0.25) is 19.8 Å². The van der Waals surface area contributed by atoms with Crippen LogP contribution >= 0.6 is 0 Å². The quantitative estimate of drug-likeness (QED) is 0.302. The van der Waals surface area contributed by atoms with E-state index < -0.39 is 17.9 Å². The lowest BCUT2D eigenvalue weighted by molar-refractivity contribution is -0.124. The molecule has 2 rings (SSSR count). The number of amides is 3. The molecule has 0 bridgehead atoms. The predicted molar refractivity (Wildman–Crippen MR) is 106 cm³/mol. The second-order valence-corrected chi connectivity index (χ2v) is 6.89. The van der Waals surface area contributed by atoms with Gasteiger partial charge in [-0.05, 0) is 30.5 Å². The molecule has 9 heteroatoms. The number of hydrogen-bond acceptors (Lipinski definition) is 5. The topological polar surface area (TPSA) is 138 Å². The minimum absolute atomic E-state index is 0.0956. The monoisotopic (exact) mass is 389 g/mol. The molecule has 0 saturated carbocycles. The van der Waals surface area contributed by atoms with Crippen LogP contribution in [0.4, 0.5) is 0 Å². The highest BCUT2D eigenvalue weighted by atomic mass is 16.5. The number of hydrazine groups is 1. The highest BCUT2D eigenvalue weighted by Gasteiger charge is 2.23. The maximum atomic E-state index is 12.7. The maximum Gasteiger partial charge on any atom is 0.268 e. The Kier molecular flexibility index (Phi) is 7.39. The van der Waals surface area contributed by atoms with Crippen LogP contribution in [0, 0.1) is 5.92 Å². The normalized spacial score (nSPS) is 12.0. The van der Waals surface area contributed by atoms with Crippen molar-refractivity contribution in [3.05, 3.63) is 30.0 Å². The van der Waals surface area contributed by atoms with Gasteiger partial charge < -0.3 is 20.8 Å². The van der Waals surface area contributed by atoms with E-state index in [1.165, 1.54) is 0 Å². The molecule has 1 aromatic heterocycles. The van der Waals surface area contributed by atoms with Crippen LogP contribution in [-0.2, 0) is 9.59 Å². The SMILES string of the molecule is COc1cccc2[nH]c(C(=O)N[C@@H](CC(C)C)C(=O)NNCCC(N)=O)cc12. The first kappa shape index (κ1) is 21.2. The molecule has 3 amide bonds. The van der Waals surface area contributed by atoms with Crippen LogP contribution in [0.3, 0.4) is 0 Å². The Morgan fingerprint density at radius 2 is 2.00 bits per heavy atom. The summed E-state index contributed by atoms with van der Waals surface area (Å²) >= 11 is 0. The Labute approximate surface area is 163 Å². The third kappa shape index (κ3) is 5.71. The molecule has 0 aliphatic rings. The standard InChI is InChI=1S/C19H27N5O4/c1-11(2)9-14(19(27)24-21-8-7-17(20)25)23-18(26)15-10-12-13(22-15)5-4-6-16(12)28-3/h4-6,10-11,14,21-22H,7-9H2,1-3H3,(H2,20,25)(H,23,26)(H,24,27)/t14-/m0/s1. The Morgan fingerprint density at radius 3 is 2.64 bits per heavy atom. The molecule has 0 unspecified atom stereocenters. The molecular weight excluding hydrogens is 362 g/mol. The van der Waals surface area contributed by atoms with Crippen molar-refractivity contribution in [3.8, 4) is 5.75 Å². The number of aromatic amines is 1. The number of nitrogens with two attached hydrogens (primary N) is 1. The van der Waals surface area contributed by atoms with E-state index >= 15 is 0 Å². The first-order chi connectivity index (χ1) is 13.3. The van der Waals surface area contributed by atoms with E-state index in [9.17, 15) is 14.4 Å². The number of hydrogen-bond donors (Lipinski definition) is 5. The number of fused-ring (bicyclic) bond motifs is 1. The molecule has 152 valence electrons. The zero-order valence-electron chi connectivity index (χ0n) is 16.3. The highest BCUT2D eigenvalue weighted by molar-refractivity contribution is 6.01. The van der Waals surface area contributed by atoms with Gasteiger partial charge in [-0.2, -0.15) is 0 Å². The molecule has 28 heavy (non-hydrogen) atoms. The lowest BCUT2D eigenvalue weighted by Gasteiger charge is -2.20. The molecular formula is C19H27N5O4. The maximum absolute atomic E-state index is 12.7. The summed E-state index contributed by atoms with van der Waals surface area (Å²) in [6, 6.07) is 6.44. The molecule has 1 aromatic carbocycles. The van der Waals surface area contributed by atoms with Crippen LogP contribution in [0.2, 0.25) is 0 Å². The van der Waals surface area contributed by atoms with Crippen molar-refractivity contribution >= 4 is 28.6 Å². The van der Waals surface area contributed by atoms with Gasteiger partial charge in [0.15, 0.2) is 0 Å². The van der Waals surface area contributed by atoms with Gasteiger partial charge in [0.05, 0.1) is 7.11 Å². The van der Waals surface area contributed by atoms with Crippen LogP contribution in [0.25, 0.3) is 10.9 Å². The third-order valence-electron chi connectivity index (χ3n) is 4.13. The van der Waals surface area contributed by atoms with E-state index in [4.69, 9.17) is 10.5 Å². The summed E-state index contributed by atoms with van der Waals surface area (Å²) in [5, 5.41) is 3.54. The fraction of sp³-hybridized carbons (Fsp3) is 0.421. The van der Waals surface area contributed by atoms with E-state index in [1.807, 2.05) is 32.0 Å². The molecule has 2 aromatic rings. The molecule has 9 nitrogen and oxygen atoms in total. The van der Waals surface area contributed by atoms with Crippen molar-refractivity contribution in [2.24, 2.45) is 11.7 Å². The van der Waals surface area contributed by atoms with Gasteiger partial charge in [-0.1, -0.05) is 19.9 Å². The summed E-state index contributed by atoms with van der Waals surface area (Å²) in [4.78, 5) is 38.9. The minimum atomic E-state index is -0.734. The fourth-order valence-electron chi connectivity index (χ4n) is 2.79. The molecule has 0 aliphatic heterocycles. The van der Waals surface area contributed by atoms with E-state index in [-0.39, 0.29) is 24.8 Å². The fourth-order valence-corrected chi connectivity index (χ4v) is 2.79. The zero-order chi connectivity index (χ0) is 20.7. The summed E-state index contributed by atoms with van der Waals surface area (Å²) in [5.41, 5.74) is 11.3. The zero-order valence-corrected chi connectivity index (χ0v) is 16.3.